The van der Waals surface area contributed by atoms with Crippen molar-refractivity contribution in [2.45, 2.75) is 19.3 Å². The molecule has 0 spiro atoms. The molecule has 148 valence electrons. The molecule has 6 heteroatoms. The van der Waals surface area contributed by atoms with Crippen molar-refractivity contribution >= 4 is 23.2 Å². The van der Waals surface area contributed by atoms with Gasteiger partial charge in [-0.2, -0.15) is 0 Å². The quantitative estimate of drug-likeness (QED) is 0.699. The zero-order valence-electron chi connectivity index (χ0n) is 16.1. The molecular weight excluding hydrogens is 352 g/mol. The summed E-state index contributed by atoms with van der Waals surface area (Å²) in [5.74, 6) is 0.0601. The van der Waals surface area contributed by atoms with E-state index in [1.54, 1.807) is 4.90 Å². The van der Waals surface area contributed by atoms with Crippen LogP contribution in [-0.2, 0) is 16.0 Å². The van der Waals surface area contributed by atoms with Gasteiger partial charge in [0, 0.05) is 44.0 Å². The molecule has 2 aromatic carbocycles. The maximum absolute atomic E-state index is 12.5. The van der Waals surface area contributed by atoms with Crippen molar-refractivity contribution in [1.29, 1.82) is 0 Å². The monoisotopic (exact) mass is 380 g/mol. The van der Waals surface area contributed by atoms with Gasteiger partial charge in [0.1, 0.15) is 0 Å². The number of nitrogens with two attached hydrogens (primary N) is 1. The van der Waals surface area contributed by atoms with Crippen LogP contribution in [0.2, 0.25) is 0 Å². The third-order valence-corrected chi connectivity index (χ3v) is 4.89. The number of hydrogen-bond donors (Lipinski definition) is 2. The topological polar surface area (TPSA) is 78.7 Å². The summed E-state index contributed by atoms with van der Waals surface area (Å²) in [5, 5.41) is 2.95. The second kappa shape index (κ2) is 10.0. The van der Waals surface area contributed by atoms with Gasteiger partial charge in [-0.25, -0.2) is 0 Å². The van der Waals surface area contributed by atoms with Crippen LogP contribution in [0.25, 0.3) is 0 Å². The Morgan fingerprint density at radius 2 is 1.93 bits per heavy atom. The molecule has 0 unspecified atom stereocenters. The Bertz CT molecular complexity index is 794. The minimum Gasteiger partial charge on any atom is -0.329 e. The molecule has 1 heterocycles. The summed E-state index contributed by atoms with van der Waals surface area (Å²) >= 11 is 0. The fraction of sp³-hybridized carbons (Fsp3) is 0.364. The molecule has 3 rings (SSSR count). The normalized spacial score (nSPS) is 13.9. The van der Waals surface area contributed by atoms with Gasteiger partial charge < -0.3 is 16.0 Å². The average molecular weight is 380 g/mol. The Labute approximate surface area is 166 Å². The van der Waals surface area contributed by atoms with E-state index in [4.69, 9.17) is 5.73 Å². The molecule has 2 amide bonds. The zero-order valence-corrected chi connectivity index (χ0v) is 16.1. The van der Waals surface area contributed by atoms with Gasteiger partial charge in [0.15, 0.2) is 0 Å². The van der Waals surface area contributed by atoms with Crippen molar-refractivity contribution in [2.75, 3.05) is 42.9 Å². The van der Waals surface area contributed by atoms with Gasteiger partial charge >= 0.3 is 0 Å². The molecule has 0 radical (unpaired) electrons. The van der Waals surface area contributed by atoms with E-state index >= 15 is 0 Å². The van der Waals surface area contributed by atoms with Crippen LogP contribution in [0.4, 0.5) is 11.4 Å². The highest BCUT2D eigenvalue weighted by Gasteiger charge is 2.21. The van der Waals surface area contributed by atoms with Crippen molar-refractivity contribution in [1.82, 2.24) is 4.90 Å². The molecule has 6 nitrogen and oxygen atoms in total. The van der Waals surface area contributed by atoms with Crippen LogP contribution in [-0.4, -0.2) is 49.4 Å². The molecule has 2 aromatic rings. The van der Waals surface area contributed by atoms with Crippen molar-refractivity contribution in [3.8, 4) is 0 Å². The van der Waals surface area contributed by atoms with E-state index in [0.29, 0.717) is 25.2 Å². The van der Waals surface area contributed by atoms with E-state index < -0.39 is 0 Å². The molecule has 1 fully saturated rings. The third-order valence-electron chi connectivity index (χ3n) is 4.89. The number of amides is 2. The van der Waals surface area contributed by atoms with Gasteiger partial charge in [-0.3, -0.25) is 14.5 Å². The summed E-state index contributed by atoms with van der Waals surface area (Å²) in [6, 6.07) is 17.7. The van der Waals surface area contributed by atoms with Gasteiger partial charge in [-0.05, 0) is 36.6 Å². The van der Waals surface area contributed by atoms with Crippen molar-refractivity contribution in [3.63, 3.8) is 0 Å². The molecule has 1 aliphatic heterocycles. The second-order valence-corrected chi connectivity index (χ2v) is 7.05. The molecule has 3 N–H and O–H groups in total. The van der Waals surface area contributed by atoms with Crippen LogP contribution in [0.5, 0.6) is 0 Å². The van der Waals surface area contributed by atoms with E-state index in [1.165, 1.54) is 5.56 Å². The van der Waals surface area contributed by atoms with Gasteiger partial charge in [0.05, 0.1) is 6.54 Å². The smallest absolute Gasteiger partial charge is 0.238 e. The number of carbonyl (C=O) groups excluding carboxylic acids is 2. The number of rotatable bonds is 9. The Morgan fingerprint density at radius 1 is 1.11 bits per heavy atom. The zero-order chi connectivity index (χ0) is 19.8. The van der Waals surface area contributed by atoms with Crippen LogP contribution >= 0.6 is 0 Å². The van der Waals surface area contributed by atoms with Gasteiger partial charge in [0.25, 0.3) is 0 Å². The Balaban J connectivity index is 1.56. The molecular formula is C22H28N4O2. The minimum atomic E-state index is -0.0774. The highest BCUT2D eigenvalue weighted by atomic mass is 16.2. The van der Waals surface area contributed by atoms with Crippen LogP contribution in [0.3, 0.4) is 0 Å². The summed E-state index contributed by atoms with van der Waals surface area (Å²) in [6.45, 7) is 2.98. The summed E-state index contributed by atoms with van der Waals surface area (Å²) in [7, 11) is 0. The highest BCUT2D eigenvalue weighted by molar-refractivity contribution is 5.97. The summed E-state index contributed by atoms with van der Waals surface area (Å²) in [6.07, 6.45) is 2.34. The largest absolute Gasteiger partial charge is 0.329 e. The first-order valence-corrected chi connectivity index (χ1v) is 9.82. The third kappa shape index (κ3) is 5.65. The van der Waals surface area contributed by atoms with Crippen molar-refractivity contribution in [2.24, 2.45) is 5.73 Å². The summed E-state index contributed by atoms with van der Waals surface area (Å²) in [5.41, 5.74) is 8.50. The minimum absolute atomic E-state index is 0.0774. The number of nitrogens with one attached hydrogen (secondary N) is 1. The van der Waals surface area contributed by atoms with E-state index in [1.807, 2.05) is 42.5 Å². The number of anilines is 2. The van der Waals surface area contributed by atoms with Crippen molar-refractivity contribution < 1.29 is 9.59 Å². The van der Waals surface area contributed by atoms with Crippen molar-refractivity contribution in [3.05, 3.63) is 60.2 Å². The summed E-state index contributed by atoms with van der Waals surface area (Å²) in [4.78, 5) is 28.3. The molecule has 0 saturated carbocycles. The van der Waals surface area contributed by atoms with E-state index in [2.05, 4.69) is 22.3 Å². The van der Waals surface area contributed by atoms with Crippen LogP contribution < -0.4 is 16.0 Å². The molecule has 1 aliphatic rings. The maximum Gasteiger partial charge on any atom is 0.238 e. The highest BCUT2D eigenvalue weighted by Crippen LogP contribution is 2.24. The van der Waals surface area contributed by atoms with E-state index in [-0.39, 0.29) is 18.4 Å². The molecule has 0 atom stereocenters. The number of hydrogen-bond acceptors (Lipinski definition) is 4. The Hall–Kier alpha value is -2.70. The SMILES string of the molecule is NCCN(CCc1ccccc1)CC(=O)Nc1cccc(N2CCCC2=O)c1. The number of carbonyl (C=O) groups is 2. The lowest BCUT2D eigenvalue weighted by Crippen LogP contribution is -2.38. The molecule has 0 aromatic heterocycles. The predicted molar refractivity (Wildman–Crippen MR) is 112 cm³/mol. The predicted octanol–water partition coefficient (Wildman–Crippen LogP) is 2.26. The first kappa shape index (κ1) is 20.0. The Kier molecular flexibility index (Phi) is 7.17. The van der Waals surface area contributed by atoms with Crippen LogP contribution in [0, 0.1) is 0 Å². The molecule has 0 aliphatic carbocycles. The molecule has 28 heavy (non-hydrogen) atoms. The van der Waals surface area contributed by atoms with E-state index in [0.717, 1.165) is 31.6 Å². The lowest BCUT2D eigenvalue weighted by molar-refractivity contribution is -0.117. The average Bonchev–Trinajstić information content (AvgIpc) is 3.13. The molecule has 0 bridgehead atoms. The van der Waals surface area contributed by atoms with Crippen LogP contribution in [0.15, 0.2) is 54.6 Å². The fourth-order valence-corrected chi connectivity index (χ4v) is 3.46. The first-order chi connectivity index (χ1) is 13.7. The van der Waals surface area contributed by atoms with Gasteiger partial charge in [0.2, 0.25) is 11.8 Å². The maximum atomic E-state index is 12.5. The fourth-order valence-electron chi connectivity index (χ4n) is 3.46. The second-order valence-electron chi connectivity index (χ2n) is 7.05. The Morgan fingerprint density at radius 3 is 2.64 bits per heavy atom. The first-order valence-electron chi connectivity index (χ1n) is 9.82. The number of nitrogens with zero attached hydrogens (tertiary/aromatic N) is 2. The van der Waals surface area contributed by atoms with Crippen LogP contribution in [0.1, 0.15) is 18.4 Å². The van der Waals surface area contributed by atoms with E-state index in [9.17, 15) is 9.59 Å². The number of benzene rings is 2. The van der Waals surface area contributed by atoms with Gasteiger partial charge in [-0.1, -0.05) is 36.4 Å². The molecule has 1 saturated heterocycles. The van der Waals surface area contributed by atoms with Gasteiger partial charge in [-0.15, -0.1) is 0 Å². The lowest BCUT2D eigenvalue weighted by atomic mass is 10.1. The summed E-state index contributed by atoms with van der Waals surface area (Å²) < 4.78 is 0. The lowest BCUT2D eigenvalue weighted by Gasteiger charge is -2.21. The standard InChI is InChI=1S/C22H28N4O2/c23-12-15-25(14-11-18-6-2-1-3-7-18)17-21(27)24-19-8-4-9-20(16-19)26-13-5-10-22(26)28/h1-4,6-9,16H,5,10-15,17,23H2,(H,24,27).